The fourth-order valence-electron chi connectivity index (χ4n) is 3.39. The molecule has 29 heavy (non-hydrogen) atoms. The van der Waals surface area contributed by atoms with E-state index in [0.29, 0.717) is 40.7 Å². The molecule has 0 unspecified atom stereocenters. The second-order valence-corrected chi connectivity index (χ2v) is 7.33. The van der Waals surface area contributed by atoms with Crippen LogP contribution in [0.2, 0.25) is 5.02 Å². The molecule has 1 amide bonds. The molecule has 0 saturated heterocycles. The van der Waals surface area contributed by atoms with E-state index < -0.39 is 0 Å². The van der Waals surface area contributed by atoms with Gasteiger partial charge in [-0.15, -0.1) is 0 Å². The third-order valence-corrected chi connectivity index (χ3v) is 5.32. The van der Waals surface area contributed by atoms with Crippen LogP contribution in [0.4, 0.5) is 5.82 Å². The molecule has 6 nitrogen and oxygen atoms in total. The quantitative estimate of drug-likeness (QED) is 0.491. The van der Waals surface area contributed by atoms with Crippen molar-refractivity contribution in [3.05, 3.63) is 64.7 Å². The fraction of sp³-hybridized carbons (Fsp3) is 0.227. The molecule has 0 spiro atoms. The highest BCUT2D eigenvalue weighted by atomic mass is 35.5. The average molecular weight is 408 g/mol. The molecule has 0 aliphatic rings. The Balaban J connectivity index is 1.77. The lowest BCUT2D eigenvalue weighted by molar-refractivity contribution is 0.0953. The predicted molar refractivity (Wildman–Crippen MR) is 117 cm³/mol. The predicted octanol–water partition coefficient (Wildman–Crippen LogP) is 4.55. The number of unbranched alkanes of at least 4 members (excludes halogenated alkanes) is 1. The third-order valence-electron chi connectivity index (χ3n) is 4.95. The maximum atomic E-state index is 13.1. The molecule has 0 radical (unpaired) electrons. The number of benzene rings is 2. The standard InChI is InChI=1S/C22H22ClN5O/c1-2-3-12-28-20(24)18(22(29)25-13-14-8-4-5-9-15(14)23)19-21(28)27-17-11-7-6-10-16(17)26-19/h4-11H,2-3,12-13,24H2,1H3,(H,25,29). The Kier molecular flexibility index (Phi) is 5.36. The highest BCUT2D eigenvalue weighted by molar-refractivity contribution is 6.31. The molecular formula is C22H22ClN5O. The van der Waals surface area contributed by atoms with Gasteiger partial charge in [0, 0.05) is 18.1 Å². The number of fused-ring (bicyclic) bond motifs is 2. The van der Waals surface area contributed by atoms with E-state index in [1.54, 1.807) is 6.07 Å². The molecule has 3 N–H and O–H groups in total. The summed E-state index contributed by atoms with van der Waals surface area (Å²) >= 11 is 6.20. The van der Waals surface area contributed by atoms with Crippen molar-refractivity contribution in [1.29, 1.82) is 0 Å². The summed E-state index contributed by atoms with van der Waals surface area (Å²) in [4.78, 5) is 22.5. The van der Waals surface area contributed by atoms with Crippen LogP contribution in [0, 0.1) is 0 Å². The maximum absolute atomic E-state index is 13.1. The highest BCUT2D eigenvalue weighted by Crippen LogP contribution is 2.28. The van der Waals surface area contributed by atoms with Gasteiger partial charge in [0.15, 0.2) is 5.65 Å². The second kappa shape index (κ2) is 8.09. The number of carbonyl (C=O) groups excluding carboxylic acids is 1. The van der Waals surface area contributed by atoms with Crippen molar-refractivity contribution >= 4 is 45.5 Å². The molecule has 4 rings (SSSR count). The second-order valence-electron chi connectivity index (χ2n) is 6.92. The molecule has 0 bridgehead atoms. The highest BCUT2D eigenvalue weighted by Gasteiger charge is 2.23. The van der Waals surface area contributed by atoms with E-state index in [4.69, 9.17) is 27.3 Å². The van der Waals surface area contributed by atoms with Crippen LogP contribution in [-0.4, -0.2) is 20.4 Å². The van der Waals surface area contributed by atoms with Gasteiger partial charge < -0.3 is 15.6 Å². The molecule has 0 aliphatic carbocycles. The largest absolute Gasteiger partial charge is 0.384 e. The zero-order valence-corrected chi connectivity index (χ0v) is 16.9. The van der Waals surface area contributed by atoms with E-state index in [2.05, 4.69) is 12.2 Å². The zero-order valence-electron chi connectivity index (χ0n) is 16.2. The van der Waals surface area contributed by atoms with Crippen molar-refractivity contribution in [3.63, 3.8) is 0 Å². The summed E-state index contributed by atoms with van der Waals surface area (Å²) in [6.45, 7) is 3.10. The minimum Gasteiger partial charge on any atom is -0.384 e. The molecule has 7 heteroatoms. The van der Waals surface area contributed by atoms with Crippen molar-refractivity contribution < 1.29 is 4.79 Å². The van der Waals surface area contributed by atoms with Crippen LogP contribution in [0.15, 0.2) is 48.5 Å². The minimum atomic E-state index is -0.285. The Bertz CT molecular complexity index is 1200. The molecule has 0 saturated carbocycles. The van der Waals surface area contributed by atoms with Crippen LogP contribution in [0.25, 0.3) is 22.2 Å². The van der Waals surface area contributed by atoms with E-state index in [-0.39, 0.29) is 5.91 Å². The first-order valence-electron chi connectivity index (χ1n) is 9.66. The Labute approximate surface area is 173 Å². The van der Waals surface area contributed by atoms with Crippen LogP contribution >= 0.6 is 11.6 Å². The number of nitrogen functional groups attached to an aromatic ring is 1. The Hall–Kier alpha value is -3.12. The number of carbonyl (C=O) groups is 1. The van der Waals surface area contributed by atoms with Gasteiger partial charge in [0.1, 0.15) is 16.9 Å². The normalized spacial score (nSPS) is 11.2. The van der Waals surface area contributed by atoms with Gasteiger partial charge in [0.25, 0.3) is 5.91 Å². The van der Waals surface area contributed by atoms with Crippen LogP contribution in [-0.2, 0) is 13.1 Å². The number of rotatable bonds is 6. The first-order valence-corrected chi connectivity index (χ1v) is 10.0. The summed E-state index contributed by atoms with van der Waals surface area (Å²) in [6.07, 6.45) is 1.94. The van der Waals surface area contributed by atoms with Crippen LogP contribution in [0.3, 0.4) is 0 Å². The van der Waals surface area contributed by atoms with Crippen LogP contribution in [0.1, 0.15) is 35.7 Å². The van der Waals surface area contributed by atoms with E-state index >= 15 is 0 Å². The van der Waals surface area contributed by atoms with Crippen molar-refractivity contribution in [2.45, 2.75) is 32.9 Å². The topological polar surface area (TPSA) is 85.8 Å². The van der Waals surface area contributed by atoms with Crippen molar-refractivity contribution in [2.75, 3.05) is 5.73 Å². The molecule has 4 aromatic rings. The number of aryl methyl sites for hydroxylation is 1. The first-order chi connectivity index (χ1) is 14.1. The molecule has 0 fully saturated rings. The fourth-order valence-corrected chi connectivity index (χ4v) is 3.59. The maximum Gasteiger partial charge on any atom is 0.257 e. The number of amides is 1. The lowest BCUT2D eigenvalue weighted by Gasteiger charge is -2.08. The van der Waals surface area contributed by atoms with Crippen LogP contribution < -0.4 is 11.1 Å². The van der Waals surface area contributed by atoms with Gasteiger partial charge in [0.2, 0.25) is 0 Å². The smallest absolute Gasteiger partial charge is 0.257 e. The van der Waals surface area contributed by atoms with Gasteiger partial charge in [-0.2, -0.15) is 0 Å². The summed E-state index contributed by atoms with van der Waals surface area (Å²) in [5.74, 6) is 0.104. The van der Waals surface area contributed by atoms with Gasteiger partial charge in [-0.25, -0.2) is 9.97 Å². The lowest BCUT2D eigenvalue weighted by Crippen LogP contribution is -2.24. The van der Waals surface area contributed by atoms with Gasteiger partial charge in [-0.05, 0) is 30.2 Å². The van der Waals surface area contributed by atoms with Crippen molar-refractivity contribution in [2.24, 2.45) is 0 Å². The van der Waals surface area contributed by atoms with Gasteiger partial charge in [-0.1, -0.05) is 55.3 Å². The van der Waals surface area contributed by atoms with Crippen molar-refractivity contribution in [1.82, 2.24) is 19.9 Å². The Morgan fingerprint density at radius 1 is 1.10 bits per heavy atom. The first kappa shape index (κ1) is 19.2. The molecule has 0 atom stereocenters. The van der Waals surface area contributed by atoms with E-state index in [9.17, 15) is 4.79 Å². The summed E-state index contributed by atoms with van der Waals surface area (Å²) in [6, 6.07) is 15.0. The molecule has 2 heterocycles. The number of para-hydroxylation sites is 2. The summed E-state index contributed by atoms with van der Waals surface area (Å²) in [5, 5.41) is 3.53. The van der Waals surface area contributed by atoms with Gasteiger partial charge in [-0.3, -0.25) is 4.79 Å². The molecular weight excluding hydrogens is 386 g/mol. The molecule has 148 valence electrons. The number of hydrogen-bond donors (Lipinski definition) is 2. The van der Waals surface area contributed by atoms with Crippen LogP contribution in [0.5, 0.6) is 0 Å². The zero-order chi connectivity index (χ0) is 20.4. The number of aromatic nitrogens is 3. The number of hydrogen-bond acceptors (Lipinski definition) is 4. The lowest BCUT2D eigenvalue weighted by atomic mass is 10.2. The molecule has 2 aromatic heterocycles. The number of anilines is 1. The number of nitrogens with two attached hydrogens (primary N) is 1. The Morgan fingerprint density at radius 3 is 2.52 bits per heavy atom. The monoisotopic (exact) mass is 407 g/mol. The van der Waals surface area contributed by atoms with E-state index in [1.165, 1.54) is 0 Å². The third kappa shape index (κ3) is 3.63. The summed E-state index contributed by atoms with van der Waals surface area (Å²) in [7, 11) is 0. The van der Waals surface area contributed by atoms with E-state index in [1.807, 2.05) is 47.0 Å². The van der Waals surface area contributed by atoms with E-state index in [0.717, 1.165) is 29.4 Å². The number of halogens is 1. The van der Waals surface area contributed by atoms with Crippen molar-refractivity contribution in [3.8, 4) is 0 Å². The Morgan fingerprint density at radius 2 is 1.79 bits per heavy atom. The molecule has 2 aromatic carbocycles. The molecule has 0 aliphatic heterocycles. The summed E-state index contributed by atoms with van der Waals surface area (Å²) < 4.78 is 1.89. The minimum absolute atomic E-state index is 0.285. The van der Waals surface area contributed by atoms with Gasteiger partial charge in [0.05, 0.1) is 11.0 Å². The SMILES string of the molecule is CCCCn1c(N)c(C(=O)NCc2ccccc2Cl)c2nc3ccccc3nc21. The summed E-state index contributed by atoms with van der Waals surface area (Å²) in [5.41, 5.74) is 10.3. The van der Waals surface area contributed by atoms with Gasteiger partial charge >= 0.3 is 0 Å². The number of nitrogens with one attached hydrogen (secondary N) is 1. The average Bonchev–Trinajstić information content (AvgIpc) is 3.00. The number of nitrogens with zero attached hydrogens (tertiary/aromatic N) is 3.